The number of hydrogen-bond donors (Lipinski definition) is 2. The molecule has 4 heteroatoms. The van der Waals surface area contributed by atoms with E-state index in [9.17, 15) is 15.0 Å². The molecule has 0 aliphatic rings. The lowest BCUT2D eigenvalue weighted by atomic mass is 9.93. The summed E-state index contributed by atoms with van der Waals surface area (Å²) in [6.07, 6.45) is -1.30. The normalized spacial score (nSPS) is 16.2. The molecule has 0 bridgehead atoms. The third-order valence-corrected chi connectivity index (χ3v) is 2.34. The zero-order valence-corrected chi connectivity index (χ0v) is 9.38. The highest BCUT2D eigenvalue weighted by molar-refractivity contribution is 5.79. The number of carbonyl (C=O) groups is 1. The molecule has 16 heavy (non-hydrogen) atoms. The van der Waals surface area contributed by atoms with E-state index in [-0.39, 0.29) is 6.61 Å². The fourth-order valence-corrected chi connectivity index (χ4v) is 1.35. The minimum Gasteiger partial charge on any atom is -0.464 e. The SMILES string of the molecule is CCOC(=O)[C@](C)(O)[C@H](O)c1ccccc1. The fraction of sp³-hybridized carbons (Fsp3) is 0.417. The van der Waals surface area contributed by atoms with Crippen LogP contribution < -0.4 is 0 Å². The van der Waals surface area contributed by atoms with Gasteiger partial charge in [0, 0.05) is 0 Å². The Labute approximate surface area is 94.5 Å². The van der Waals surface area contributed by atoms with Crippen LogP contribution in [0.2, 0.25) is 0 Å². The Morgan fingerprint density at radius 2 is 2.00 bits per heavy atom. The summed E-state index contributed by atoms with van der Waals surface area (Å²) in [7, 11) is 0. The molecule has 88 valence electrons. The molecule has 0 saturated carbocycles. The molecule has 1 aromatic carbocycles. The van der Waals surface area contributed by atoms with Crippen LogP contribution in [0.15, 0.2) is 30.3 Å². The second-order valence-corrected chi connectivity index (χ2v) is 3.68. The van der Waals surface area contributed by atoms with Gasteiger partial charge in [-0.25, -0.2) is 4.79 Å². The van der Waals surface area contributed by atoms with Crippen molar-refractivity contribution in [1.29, 1.82) is 0 Å². The van der Waals surface area contributed by atoms with Gasteiger partial charge in [0.1, 0.15) is 6.10 Å². The molecular weight excluding hydrogens is 208 g/mol. The highest BCUT2D eigenvalue weighted by Crippen LogP contribution is 2.26. The Hall–Kier alpha value is -1.39. The van der Waals surface area contributed by atoms with Crippen LogP contribution in [0, 0.1) is 0 Å². The summed E-state index contributed by atoms with van der Waals surface area (Å²) in [5, 5.41) is 19.8. The summed E-state index contributed by atoms with van der Waals surface area (Å²) in [5.74, 6) is -0.827. The van der Waals surface area contributed by atoms with Gasteiger partial charge in [0.15, 0.2) is 5.60 Å². The Morgan fingerprint density at radius 3 is 2.50 bits per heavy atom. The number of ether oxygens (including phenoxy) is 1. The molecule has 2 N–H and O–H groups in total. The Kier molecular flexibility index (Phi) is 4.04. The molecule has 0 heterocycles. The summed E-state index contributed by atoms with van der Waals surface area (Å²) in [4.78, 5) is 11.4. The van der Waals surface area contributed by atoms with E-state index in [1.54, 1.807) is 37.3 Å². The highest BCUT2D eigenvalue weighted by atomic mass is 16.6. The lowest BCUT2D eigenvalue weighted by Gasteiger charge is -2.26. The monoisotopic (exact) mass is 224 g/mol. The highest BCUT2D eigenvalue weighted by Gasteiger charge is 2.40. The average molecular weight is 224 g/mol. The van der Waals surface area contributed by atoms with Gasteiger partial charge in [-0.2, -0.15) is 0 Å². The predicted molar refractivity (Wildman–Crippen MR) is 58.7 cm³/mol. The number of aliphatic hydroxyl groups excluding tert-OH is 1. The van der Waals surface area contributed by atoms with Gasteiger partial charge < -0.3 is 14.9 Å². The van der Waals surface area contributed by atoms with Crippen molar-refractivity contribution in [3.8, 4) is 0 Å². The maximum absolute atomic E-state index is 11.4. The van der Waals surface area contributed by atoms with E-state index in [0.29, 0.717) is 5.56 Å². The van der Waals surface area contributed by atoms with Crippen LogP contribution in [-0.4, -0.2) is 28.4 Å². The molecule has 0 unspecified atom stereocenters. The average Bonchev–Trinajstić information content (AvgIpc) is 2.29. The third kappa shape index (κ3) is 2.59. The first-order chi connectivity index (χ1) is 7.50. The number of esters is 1. The first-order valence-electron chi connectivity index (χ1n) is 5.12. The van der Waals surface area contributed by atoms with Crippen LogP contribution in [0.1, 0.15) is 25.5 Å². The van der Waals surface area contributed by atoms with Crippen molar-refractivity contribution in [2.75, 3.05) is 6.61 Å². The molecule has 1 aromatic rings. The molecule has 0 aliphatic heterocycles. The lowest BCUT2D eigenvalue weighted by Crippen LogP contribution is -2.42. The van der Waals surface area contributed by atoms with Gasteiger partial charge in [0.05, 0.1) is 6.61 Å². The van der Waals surface area contributed by atoms with E-state index in [4.69, 9.17) is 4.74 Å². The second kappa shape index (κ2) is 5.09. The molecular formula is C12H16O4. The largest absolute Gasteiger partial charge is 0.464 e. The number of benzene rings is 1. The minimum atomic E-state index is -1.93. The number of hydrogen-bond acceptors (Lipinski definition) is 4. The standard InChI is InChI=1S/C12H16O4/c1-3-16-11(14)12(2,15)10(13)9-7-5-4-6-8-9/h4-8,10,13,15H,3H2,1-2H3/t10-,12-/m1/s1. The van der Waals surface area contributed by atoms with Crippen molar-refractivity contribution in [2.24, 2.45) is 0 Å². The van der Waals surface area contributed by atoms with Gasteiger partial charge in [-0.3, -0.25) is 0 Å². The summed E-state index contributed by atoms with van der Waals surface area (Å²) in [6, 6.07) is 8.51. The van der Waals surface area contributed by atoms with E-state index in [1.165, 1.54) is 6.92 Å². The van der Waals surface area contributed by atoms with E-state index in [0.717, 1.165) is 0 Å². The molecule has 0 fully saturated rings. The number of rotatable bonds is 4. The van der Waals surface area contributed by atoms with E-state index in [1.807, 2.05) is 0 Å². The number of aliphatic hydroxyl groups is 2. The Bertz CT molecular complexity index is 345. The zero-order chi connectivity index (χ0) is 12.2. The van der Waals surface area contributed by atoms with Crippen molar-refractivity contribution in [3.05, 3.63) is 35.9 Å². The first-order valence-corrected chi connectivity index (χ1v) is 5.12. The molecule has 0 spiro atoms. The van der Waals surface area contributed by atoms with Crippen LogP contribution in [0.5, 0.6) is 0 Å². The molecule has 0 radical (unpaired) electrons. The maximum Gasteiger partial charge on any atom is 0.340 e. The van der Waals surface area contributed by atoms with Crippen molar-refractivity contribution in [1.82, 2.24) is 0 Å². The van der Waals surface area contributed by atoms with Crippen LogP contribution in [0.4, 0.5) is 0 Å². The van der Waals surface area contributed by atoms with Gasteiger partial charge >= 0.3 is 5.97 Å². The van der Waals surface area contributed by atoms with E-state index < -0.39 is 17.7 Å². The molecule has 4 nitrogen and oxygen atoms in total. The van der Waals surface area contributed by atoms with Gasteiger partial charge in [0.25, 0.3) is 0 Å². The second-order valence-electron chi connectivity index (χ2n) is 3.68. The smallest absolute Gasteiger partial charge is 0.340 e. The van der Waals surface area contributed by atoms with Crippen molar-refractivity contribution < 1.29 is 19.7 Å². The van der Waals surface area contributed by atoms with Gasteiger partial charge in [0.2, 0.25) is 0 Å². The summed E-state index contributed by atoms with van der Waals surface area (Å²) < 4.78 is 4.70. The predicted octanol–water partition coefficient (Wildman–Crippen LogP) is 1.03. The Morgan fingerprint density at radius 1 is 1.44 bits per heavy atom. The lowest BCUT2D eigenvalue weighted by molar-refractivity contribution is -0.175. The van der Waals surface area contributed by atoms with E-state index in [2.05, 4.69) is 0 Å². The molecule has 0 saturated heterocycles. The van der Waals surface area contributed by atoms with Crippen LogP contribution in [-0.2, 0) is 9.53 Å². The van der Waals surface area contributed by atoms with Crippen LogP contribution >= 0.6 is 0 Å². The molecule has 2 atom stereocenters. The Balaban J connectivity index is 2.87. The quantitative estimate of drug-likeness (QED) is 0.750. The zero-order valence-electron chi connectivity index (χ0n) is 9.38. The van der Waals surface area contributed by atoms with Gasteiger partial charge in [-0.1, -0.05) is 30.3 Å². The van der Waals surface area contributed by atoms with Crippen molar-refractivity contribution in [2.45, 2.75) is 25.6 Å². The first kappa shape index (κ1) is 12.7. The molecule has 0 aliphatic carbocycles. The number of carbonyl (C=O) groups excluding carboxylic acids is 1. The van der Waals surface area contributed by atoms with E-state index >= 15 is 0 Å². The fourth-order valence-electron chi connectivity index (χ4n) is 1.35. The van der Waals surface area contributed by atoms with Crippen molar-refractivity contribution >= 4 is 5.97 Å². The molecule has 1 rings (SSSR count). The maximum atomic E-state index is 11.4. The van der Waals surface area contributed by atoms with Crippen LogP contribution in [0.25, 0.3) is 0 Å². The third-order valence-electron chi connectivity index (χ3n) is 2.34. The molecule has 0 amide bonds. The summed E-state index contributed by atoms with van der Waals surface area (Å²) in [5.41, 5.74) is -1.46. The summed E-state index contributed by atoms with van der Waals surface area (Å²) in [6.45, 7) is 3.04. The van der Waals surface area contributed by atoms with Gasteiger partial charge in [-0.15, -0.1) is 0 Å². The molecule has 0 aromatic heterocycles. The van der Waals surface area contributed by atoms with Gasteiger partial charge in [-0.05, 0) is 19.4 Å². The van der Waals surface area contributed by atoms with Crippen molar-refractivity contribution in [3.63, 3.8) is 0 Å². The topological polar surface area (TPSA) is 66.8 Å². The minimum absolute atomic E-state index is 0.163. The summed E-state index contributed by atoms with van der Waals surface area (Å²) >= 11 is 0. The van der Waals surface area contributed by atoms with Crippen LogP contribution in [0.3, 0.4) is 0 Å².